The van der Waals surface area contributed by atoms with Gasteiger partial charge in [-0.15, -0.1) is 0 Å². The average Bonchev–Trinajstić information content (AvgIpc) is 2.64. The Bertz CT molecular complexity index is 573. The van der Waals surface area contributed by atoms with E-state index in [0.29, 0.717) is 5.69 Å². The number of carboxylic acids is 1. The lowest BCUT2D eigenvalue weighted by molar-refractivity contribution is -0.127. The minimum atomic E-state index is -1.04. The van der Waals surface area contributed by atoms with Crippen LogP contribution in [0, 0.1) is 0 Å². The van der Waals surface area contributed by atoms with Crippen LogP contribution in [0.15, 0.2) is 24.3 Å². The van der Waals surface area contributed by atoms with Crippen LogP contribution in [0.4, 0.5) is 10.5 Å². The van der Waals surface area contributed by atoms with Crippen molar-refractivity contribution in [1.29, 1.82) is 0 Å². The molecule has 7 heteroatoms. The zero-order chi connectivity index (χ0) is 14.9. The number of nitrogens with zero attached hydrogens (tertiary/aromatic N) is 1. The van der Waals surface area contributed by atoms with Gasteiger partial charge >= 0.3 is 5.97 Å². The summed E-state index contributed by atoms with van der Waals surface area (Å²) >= 11 is 0.898. The van der Waals surface area contributed by atoms with E-state index in [-0.39, 0.29) is 22.8 Å². The predicted octanol–water partition coefficient (Wildman–Crippen LogP) is 2.23. The largest absolute Gasteiger partial charge is 0.478 e. The molecule has 20 heavy (non-hydrogen) atoms. The number of benzene rings is 1. The number of carbonyl (C=O) groups is 3. The number of nitrogens with one attached hydrogen (secondary N) is 1. The van der Waals surface area contributed by atoms with Crippen molar-refractivity contribution in [3.63, 3.8) is 0 Å². The lowest BCUT2D eigenvalue weighted by atomic mass is 10.2. The van der Waals surface area contributed by atoms with Gasteiger partial charge in [0.2, 0.25) is 0 Å². The van der Waals surface area contributed by atoms with E-state index in [1.807, 2.05) is 0 Å². The highest BCUT2D eigenvalue weighted by Crippen LogP contribution is 2.29. The molecule has 0 aromatic heterocycles. The van der Waals surface area contributed by atoms with Crippen LogP contribution < -0.4 is 5.32 Å². The molecule has 1 atom stereocenters. The zero-order valence-electron chi connectivity index (χ0n) is 11.0. The number of amides is 2. The molecular formula is C13H14N2O4S. The maximum Gasteiger partial charge on any atom is 0.335 e. The zero-order valence-corrected chi connectivity index (χ0v) is 11.8. The van der Waals surface area contributed by atoms with Gasteiger partial charge in [0, 0.05) is 11.7 Å². The van der Waals surface area contributed by atoms with E-state index in [2.05, 4.69) is 5.32 Å². The fraction of sp³-hybridized carbons (Fsp3) is 0.308. The number of rotatable bonds is 4. The maximum atomic E-state index is 12.1. The Balaban J connectivity index is 2.15. The van der Waals surface area contributed by atoms with Gasteiger partial charge in [-0.2, -0.15) is 0 Å². The Hall–Kier alpha value is -2.02. The second-order valence-corrected chi connectivity index (χ2v) is 5.65. The molecular weight excluding hydrogens is 280 g/mol. The molecule has 6 nitrogen and oxygen atoms in total. The van der Waals surface area contributed by atoms with Crippen molar-refractivity contribution in [2.24, 2.45) is 0 Å². The highest BCUT2D eigenvalue weighted by atomic mass is 32.2. The van der Waals surface area contributed by atoms with Gasteiger partial charge in [0.1, 0.15) is 0 Å². The maximum absolute atomic E-state index is 12.1. The molecule has 2 rings (SSSR count). The summed E-state index contributed by atoms with van der Waals surface area (Å²) in [5.74, 6) is -1.35. The van der Waals surface area contributed by atoms with Gasteiger partial charge in [-0.05, 0) is 43.8 Å². The van der Waals surface area contributed by atoms with Crippen molar-refractivity contribution >= 4 is 34.6 Å². The van der Waals surface area contributed by atoms with Crippen LogP contribution in [0.1, 0.15) is 24.2 Å². The van der Waals surface area contributed by atoms with Crippen LogP contribution in [0.25, 0.3) is 0 Å². The predicted molar refractivity (Wildman–Crippen MR) is 75.8 cm³/mol. The van der Waals surface area contributed by atoms with Crippen LogP contribution in [0.2, 0.25) is 0 Å². The fourth-order valence-corrected chi connectivity index (χ4v) is 2.90. The van der Waals surface area contributed by atoms with Gasteiger partial charge < -0.3 is 10.4 Å². The summed E-state index contributed by atoms with van der Waals surface area (Å²) in [4.78, 5) is 35.9. The Morgan fingerprint density at radius 3 is 2.65 bits per heavy atom. The third-order valence-corrected chi connectivity index (χ3v) is 3.75. The molecule has 0 unspecified atom stereocenters. The first kappa shape index (κ1) is 14.4. The third-order valence-electron chi connectivity index (χ3n) is 2.80. The van der Waals surface area contributed by atoms with Crippen LogP contribution in [0.3, 0.4) is 0 Å². The lowest BCUT2D eigenvalue weighted by Gasteiger charge is -2.18. The molecule has 0 radical (unpaired) electrons. The Morgan fingerprint density at radius 2 is 2.10 bits per heavy atom. The second-order valence-electron chi connectivity index (χ2n) is 4.60. The molecule has 2 N–H and O–H groups in total. The van der Waals surface area contributed by atoms with Crippen molar-refractivity contribution < 1.29 is 19.5 Å². The van der Waals surface area contributed by atoms with Gasteiger partial charge in [-0.1, -0.05) is 6.07 Å². The van der Waals surface area contributed by atoms with Gasteiger partial charge in [0.15, 0.2) is 5.37 Å². The Morgan fingerprint density at radius 1 is 1.40 bits per heavy atom. The first-order valence-electron chi connectivity index (χ1n) is 6.03. The molecule has 1 aliphatic heterocycles. The summed E-state index contributed by atoms with van der Waals surface area (Å²) in [5, 5.41) is 10.8. The number of carboxylic acid groups (broad SMARTS) is 1. The lowest BCUT2D eigenvalue weighted by Crippen LogP contribution is -2.38. The standard InChI is InChI=1S/C13H14N2O4S/c1-7(2)15-11(16)10(20-13(15)19)14-9-5-3-4-8(6-9)12(17)18/h3-7,10,14H,1-2H3,(H,17,18)/t10-/m0/s1. The number of anilines is 1. The second kappa shape index (κ2) is 5.54. The van der Waals surface area contributed by atoms with E-state index in [9.17, 15) is 14.4 Å². The van der Waals surface area contributed by atoms with Gasteiger partial charge in [-0.3, -0.25) is 14.5 Å². The molecule has 1 aliphatic rings. The van der Waals surface area contributed by atoms with Gasteiger partial charge in [-0.25, -0.2) is 4.79 Å². The van der Waals surface area contributed by atoms with E-state index < -0.39 is 11.3 Å². The molecule has 106 valence electrons. The molecule has 1 fully saturated rings. The van der Waals surface area contributed by atoms with Gasteiger partial charge in [0.05, 0.1) is 5.56 Å². The Kier molecular flexibility index (Phi) is 3.99. The topological polar surface area (TPSA) is 86.7 Å². The summed E-state index contributed by atoms with van der Waals surface area (Å²) in [6.07, 6.45) is 0. The van der Waals surface area contributed by atoms with Crippen LogP contribution in [-0.4, -0.2) is 38.5 Å². The molecule has 2 amide bonds. The monoisotopic (exact) mass is 294 g/mol. The van der Waals surface area contributed by atoms with E-state index in [4.69, 9.17) is 5.11 Å². The SMILES string of the molecule is CC(C)N1C(=O)S[C@H](Nc2cccc(C(=O)O)c2)C1=O. The summed E-state index contributed by atoms with van der Waals surface area (Å²) in [7, 11) is 0. The molecule has 0 spiro atoms. The number of hydrogen-bond donors (Lipinski definition) is 2. The molecule has 1 saturated heterocycles. The first-order chi connectivity index (χ1) is 9.40. The fourth-order valence-electron chi connectivity index (χ4n) is 1.87. The number of carbonyl (C=O) groups excluding carboxylic acids is 2. The van der Waals surface area contributed by atoms with Crippen molar-refractivity contribution in [3.8, 4) is 0 Å². The number of thioether (sulfide) groups is 1. The summed E-state index contributed by atoms with van der Waals surface area (Å²) < 4.78 is 0. The first-order valence-corrected chi connectivity index (χ1v) is 6.91. The molecule has 0 bridgehead atoms. The molecule has 0 saturated carbocycles. The number of imide groups is 1. The minimum Gasteiger partial charge on any atom is -0.478 e. The van der Waals surface area contributed by atoms with Crippen LogP contribution >= 0.6 is 11.8 Å². The van der Waals surface area contributed by atoms with Gasteiger partial charge in [0.25, 0.3) is 11.1 Å². The molecule has 0 aliphatic carbocycles. The van der Waals surface area contributed by atoms with E-state index in [1.165, 1.54) is 17.0 Å². The van der Waals surface area contributed by atoms with E-state index in [0.717, 1.165) is 11.8 Å². The van der Waals surface area contributed by atoms with E-state index >= 15 is 0 Å². The summed E-state index contributed by atoms with van der Waals surface area (Å²) in [5.41, 5.74) is 0.617. The van der Waals surface area contributed by atoms with Crippen molar-refractivity contribution in [2.75, 3.05) is 5.32 Å². The summed E-state index contributed by atoms with van der Waals surface area (Å²) in [6, 6.07) is 5.93. The normalized spacial score (nSPS) is 18.8. The summed E-state index contributed by atoms with van der Waals surface area (Å²) in [6.45, 7) is 3.54. The highest BCUT2D eigenvalue weighted by molar-refractivity contribution is 8.15. The van der Waals surface area contributed by atoms with Crippen molar-refractivity contribution in [1.82, 2.24) is 4.90 Å². The smallest absolute Gasteiger partial charge is 0.335 e. The minimum absolute atomic E-state index is 0.123. The molecule has 1 aromatic carbocycles. The molecule has 1 heterocycles. The van der Waals surface area contributed by atoms with E-state index in [1.54, 1.807) is 26.0 Å². The van der Waals surface area contributed by atoms with Crippen molar-refractivity contribution in [2.45, 2.75) is 25.3 Å². The number of aromatic carboxylic acids is 1. The quantitative estimate of drug-likeness (QED) is 0.885. The average molecular weight is 294 g/mol. The number of hydrogen-bond acceptors (Lipinski definition) is 5. The molecule has 1 aromatic rings. The third kappa shape index (κ3) is 2.77. The Labute approximate surface area is 120 Å². The van der Waals surface area contributed by atoms with Crippen molar-refractivity contribution in [3.05, 3.63) is 29.8 Å². The highest BCUT2D eigenvalue weighted by Gasteiger charge is 2.41. The van der Waals surface area contributed by atoms with Crippen LogP contribution in [0.5, 0.6) is 0 Å². The van der Waals surface area contributed by atoms with Crippen LogP contribution in [-0.2, 0) is 4.79 Å².